The Labute approximate surface area is 245 Å². The first-order valence-corrected chi connectivity index (χ1v) is 15.4. The van der Waals surface area contributed by atoms with Gasteiger partial charge in [0, 0.05) is 42.5 Å². The van der Waals surface area contributed by atoms with Gasteiger partial charge in [-0.3, -0.25) is 9.59 Å². The number of likely N-dealkylation sites (tertiary alicyclic amines) is 1. The first-order valence-electron chi connectivity index (χ1n) is 15.4. The average Bonchev–Trinajstić information content (AvgIpc) is 2.96. The maximum absolute atomic E-state index is 12.6. The summed E-state index contributed by atoms with van der Waals surface area (Å²) >= 11 is 0. The van der Waals surface area contributed by atoms with Crippen LogP contribution in [0.5, 0.6) is 0 Å². The number of benzene rings is 2. The summed E-state index contributed by atoms with van der Waals surface area (Å²) in [6, 6.07) is 16.9. The summed E-state index contributed by atoms with van der Waals surface area (Å²) in [5, 5.41) is 9.03. The zero-order valence-electron chi connectivity index (χ0n) is 24.9. The topological polar surface area (TPSA) is 83.4 Å². The Morgan fingerprint density at radius 2 is 1.41 bits per heavy atom. The molecule has 1 unspecified atom stereocenters. The van der Waals surface area contributed by atoms with Crippen LogP contribution in [0.4, 0.5) is 0 Å². The molecular weight excluding hydrogens is 510 g/mol. The van der Waals surface area contributed by atoms with Gasteiger partial charge < -0.3 is 10.0 Å². The van der Waals surface area contributed by atoms with Crippen LogP contribution in [0, 0.1) is 17.8 Å². The lowest BCUT2D eigenvalue weighted by atomic mass is 9.91. The fraction of sp³-hybridized carbons (Fsp3) is 0.486. The lowest BCUT2D eigenvalue weighted by Crippen LogP contribution is -2.54. The fourth-order valence-electron chi connectivity index (χ4n) is 5.64. The zero-order valence-corrected chi connectivity index (χ0v) is 24.9. The molecule has 41 heavy (non-hydrogen) atoms. The maximum atomic E-state index is 12.6. The highest BCUT2D eigenvalue weighted by molar-refractivity contribution is 5.82. The smallest absolute Gasteiger partial charge is 0.310 e. The number of nitrogens with zero attached hydrogens (tertiary/aromatic N) is 3. The normalized spacial score (nSPS) is 14.9. The predicted molar refractivity (Wildman–Crippen MR) is 164 cm³/mol. The molecule has 2 aromatic carbocycles. The van der Waals surface area contributed by atoms with Crippen molar-refractivity contribution in [1.29, 1.82) is 0 Å². The van der Waals surface area contributed by atoms with Gasteiger partial charge in [0.15, 0.2) is 5.82 Å². The molecule has 2 atom stereocenters. The van der Waals surface area contributed by atoms with Crippen molar-refractivity contribution in [1.82, 2.24) is 14.9 Å². The molecule has 0 bridgehead atoms. The molecule has 6 nitrogen and oxygen atoms in total. The van der Waals surface area contributed by atoms with E-state index in [1.165, 1.54) is 50.5 Å². The third-order valence-electron chi connectivity index (χ3n) is 8.47. The second-order valence-electron chi connectivity index (χ2n) is 11.8. The summed E-state index contributed by atoms with van der Waals surface area (Å²) in [5.74, 6) is -0.00475. The molecule has 0 saturated carbocycles. The minimum atomic E-state index is -0.829. The molecule has 1 fully saturated rings. The fourth-order valence-corrected chi connectivity index (χ4v) is 5.64. The third-order valence-corrected chi connectivity index (χ3v) is 8.47. The summed E-state index contributed by atoms with van der Waals surface area (Å²) in [4.78, 5) is 34.5. The van der Waals surface area contributed by atoms with Gasteiger partial charge in [-0.2, -0.15) is 0 Å². The van der Waals surface area contributed by atoms with E-state index in [1.807, 2.05) is 43.6 Å². The summed E-state index contributed by atoms with van der Waals surface area (Å²) in [6.07, 6.45) is 14.8. The van der Waals surface area contributed by atoms with E-state index >= 15 is 0 Å². The van der Waals surface area contributed by atoms with E-state index in [0.717, 1.165) is 34.6 Å². The summed E-state index contributed by atoms with van der Waals surface area (Å²) in [7, 11) is 0. The van der Waals surface area contributed by atoms with Gasteiger partial charge in [-0.1, -0.05) is 114 Å². The Kier molecular flexibility index (Phi) is 11.1. The monoisotopic (exact) mass is 555 g/mol. The first-order chi connectivity index (χ1) is 19.9. The number of amides is 1. The van der Waals surface area contributed by atoms with Crippen LogP contribution in [0.2, 0.25) is 0 Å². The number of carboxylic acid groups (broad SMARTS) is 1. The zero-order chi connectivity index (χ0) is 29.2. The van der Waals surface area contributed by atoms with E-state index in [9.17, 15) is 9.59 Å². The molecule has 1 aromatic heterocycles. The molecule has 1 amide bonds. The number of unbranched alkanes of at least 4 members (excludes halogenated alkanes) is 4. The number of carbonyl (C=O) groups is 2. The largest absolute Gasteiger partial charge is 0.481 e. The van der Waals surface area contributed by atoms with Crippen molar-refractivity contribution in [3.63, 3.8) is 0 Å². The van der Waals surface area contributed by atoms with Crippen LogP contribution in [-0.2, 0) is 22.4 Å². The Morgan fingerprint density at radius 3 is 2.00 bits per heavy atom. The minimum Gasteiger partial charge on any atom is -0.481 e. The van der Waals surface area contributed by atoms with Crippen LogP contribution >= 0.6 is 0 Å². The van der Waals surface area contributed by atoms with Gasteiger partial charge in [-0.05, 0) is 35.4 Å². The molecule has 4 rings (SSSR count). The van der Waals surface area contributed by atoms with Crippen molar-refractivity contribution in [2.75, 3.05) is 13.1 Å². The van der Waals surface area contributed by atoms with E-state index in [-0.39, 0.29) is 11.8 Å². The standard InChI is InChI=1S/C35H45N3O3/c1-4-6-7-8-9-10-26(5-2)20-28-11-15-29(16-12-28)31-21-36-33(37-22-31)30-17-13-27(14-18-30)19-25(3)34(39)38-23-32(24-38)35(40)41/h11-18,21-22,25-26,32H,4-10,19-20,23-24H2,1-3H3,(H,40,41)/t25-,26?/m0/s1. The number of aliphatic carboxylic acids is 1. The van der Waals surface area contributed by atoms with Crippen molar-refractivity contribution in [2.24, 2.45) is 17.8 Å². The quantitative estimate of drug-likeness (QED) is 0.197. The molecule has 1 aliphatic rings. The van der Waals surface area contributed by atoms with Gasteiger partial charge in [0.05, 0.1) is 5.92 Å². The average molecular weight is 556 g/mol. The van der Waals surface area contributed by atoms with Gasteiger partial charge in [-0.15, -0.1) is 0 Å². The van der Waals surface area contributed by atoms with Gasteiger partial charge in [0.2, 0.25) is 5.91 Å². The Hall–Kier alpha value is -3.54. The van der Waals surface area contributed by atoms with Crippen molar-refractivity contribution >= 4 is 11.9 Å². The molecule has 1 aliphatic heterocycles. The molecule has 2 heterocycles. The van der Waals surface area contributed by atoms with Gasteiger partial charge >= 0.3 is 5.97 Å². The van der Waals surface area contributed by atoms with Crippen LogP contribution in [0.15, 0.2) is 60.9 Å². The third kappa shape index (κ3) is 8.48. The van der Waals surface area contributed by atoms with Crippen LogP contribution < -0.4 is 0 Å². The number of hydrogen-bond acceptors (Lipinski definition) is 4. The molecule has 218 valence electrons. The number of carboxylic acids is 1. The van der Waals surface area contributed by atoms with Crippen molar-refractivity contribution in [3.05, 3.63) is 72.1 Å². The van der Waals surface area contributed by atoms with E-state index in [0.29, 0.717) is 25.3 Å². The molecule has 1 N–H and O–H groups in total. The molecule has 0 spiro atoms. The summed E-state index contributed by atoms with van der Waals surface area (Å²) < 4.78 is 0. The van der Waals surface area contributed by atoms with Crippen LogP contribution in [0.3, 0.4) is 0 Å². The van der Waals surface area contributed by atoms with E-state index < -0.39 is 11.9 Å². The molecule has 1 saturated heterocycles. The van der Waals surface area contributed by atoms with Gasteiger partial charge in [-0.25, -0.2) is 9.97 Å². The van der Waals surface area contributed by atoms with Crippen LogP contribution in [0.25, 0.3) is 22.5 Å². The summed E-state index contributed by atoms with van der Waals surface area (Å²) in [5.41, 5.74) is 5.52. The number of hydrogen-bond donors (Lipinski definition) is 1. The van der Waals surface area contributed by atoms with E-state index in [2.05, 4.69) is 48.1 Å². The Balaban J connectivity index is 1.28. The first kappa shape index (κ1) is 30.4. The minimum absolute atomic E-state index is 0.0153. The van der Waals surface area contributed by atoms with Crippen molar-refractivity contribution in [2.45, 2.75) is 78.6 Å². The highest BCUT2D eigenvalue weighted by Gasteiger charge is 2.37. The lowest BCUT2D eigenvalue weighted by molar-refractivity contribution is -0.154. The van der Waals surface area contributed by atoms with E-state index in [4.69, 9.17) is 5.11 Å². The maximum Gasteiger partial charge on any atom is 0.310 e. The van der Waals surface area contributed by atoms with Crippen LogP contribution in [-0.4, -0.2) is 44.9 Å². The molecule has 0 aliphatic carbocycles. The number of rotatable bonds is 15. The Morgan fingerprint density at radius 1 is 0.829 bits per heavy atom. The summed E-state index contributed by atoms with van der Waals surface area (Å²) in [6.45, 7) is 7.11. The number of carbonyl (C=O) groups excluding carboxylic acids is 1. The molecule has 3 aromatic rings. The molecule has 0 radical (unpaired) electrons. The van der Waals surface area contributed by atoms with E-state index in [1.54, 1.807) is 4.90 Å². The molecular formula is C35H45N3O3. The predicted octanol–water partition coefficient (Wildman–Crippen LogP) is 7.46. The lowest BCUT2D eigenvalue weighted by Gasteiger charge is -2.38. The van der Waals surface area contributed by atoms with Crippen LogP contribution in [0.1, 0.15) is 76.8 Å². The molecule has 6 heteroatoms. The highest BCUT2D eigenvalue weighted by Crippen LogP contribution is 2.25. The van der Waals surface area contributed by atoms with Gasteiger partial charge in [0.25, 0.3) is 0 Å². The second kappa shape index (κ2) is 14.9. The van der Waals surface area contributed by atoms with Crippen molar-refractivity contribution in [3.8, 4) is 22.5 Å². The van der Waals surface area contributed by atoms with Crippen molar-refractivity contribution < 1.29 is 14.7 Å². The Bertz CT molecular complexity index is 1250. The second-order valence-corrected chi connectivity index (χ2v) is 11.8. The SMILES string of the molecule is CCCCCCCC(CC)Cc1ccc(-c2cnc(-c3ccc(C[C@H](C)C(=O)N4CC(C(=O)O)C4)cc3)nc2)cc1. The number of aromatic nitrogens is 2. The van der Waals surface area contributed by atoms with Gasteiger partial charge in [0.1, 0.15) is 0 Å². The highest BCUT2D eigenvalue weighted by atomic mass is 16.4.